The van der Waals surface area contributed by atoms with Gasteiger partial charge < -0.3 is 25.1 Å². The summed E-state index contributed by atoms with van der Waals surface area (Å²) < 4.78 is 15.2. The average Bonchev–Trinajstić information content (AvgIpc) is 2.84. The molecule has 0 bridgehead atoms. The van der Waals surface area contributed by atoms with Crippen molar-refractivity contribution in [3.63, 3.8) is 0 Å². The van der Waals surface area contributed by atoms with Gasteiger partial charge in [-0.25, -0.2) is 9.80 Å². The first-order valence-corrected chi connectivity index (χ1v) is 12.3. The minimum atomic E-state index is -1.49. The molecule has 2 aromatic rings. The third-order valence-electron chi connectivity index (χ3n) is 5.68. The zero-order valence-corrected chi connectivity index (χ0v) is 23.6. The average molecular weight is 558 g/mol. The second-order valence-corrected chi connectivity index (χ2v) is 10.1. The Bertz CT molecular complexity index is 1280. The number of carbonyl (C=O) groups is 5. The summed E-state index contributed by atoms with van der Waals surface area (Å²) in [5, 5.41) is 10.3. The van der Waals surface area contributed by atoms with Crippen LogP contribution in [0.15, 0.2) is 36.4 Å². The molecule has 2 aromatic carbocycles. The summed E-state index contributed by atoms with van der Waals surface area (Å²) in [4.78, 5) is 64.1. The maximum atomic E-state index is 13.9. The van der Waals surface area contributed by atoms with Crippen molar-refractivity contribution in [2.24, 2.45) is 5.73 Å². The molecule has 0 aliphatic heterocycles. The number of rotatable bonds is 8. The second-order valence-electron chi connectivity index (χ2n) is 10.1. The quantitative estimate of drug-likeness (QED) is 0.279. The number of amides is 3. The van der Waals surface area contributed by atoms with Gasteiger partial charge in [-0.2, -0.15) is 0 Å². The van der Waals surface area contributed by atoms with Crippen molar-refractivity contribution in [3.05, 3.63) is 64.2 Å². The number of nitrogens with two attached hydrogens (primary N) is 1. The van der Waals surface area contributed by atoms with E-state index in [1.54, 1.807) is 52.0 Å². The topological polar surface area (TPSA) is 166 Å². The van der Waals surface area contributed by atoms with Crippen LogP contribution in [0, 0.1) is 20.8 Å². The zero-order chi connectivity index (χ0) is 30.4. The largest absolute Gasteiger partial charge is 0.496 e. The summed E-state index contributed by atoms with van der Waals surface area (Å²) >= 11 is 0. The fourth-order valence-corrected chi connectivity index (χ4v) is 3.93. The molecular weight excluding hydrogens is 522 g/mol. The Morgan fingerprint density at radius 2 is 1.55 bits per heavy atom. The number of methoxy groups -OCH3 is 1. The van der Waals surface area contributed by atoms with Crippen molar-refractivity contribution in [2.45, 2.75) is 59.5 Å². The molecule has 0 spiro atoms. The Balaban J connectivity index is 2.54. The van der Waals surface area contributed by atoms with Crippen LogP contribution in [-0.4, -0.2) is 70.5 Å². The number of aliphatic carboxylic acids is 1. The van der Waals surface area contributed by atoms with E-state index in [1.165, 1.54) is 13.2 Å². The highest BCUT2D eigenvalue weighted by molar-refractivity contribution is 6.07. The molecule has 1 unspecified atom stereocenters. The standard InChI is InChI=1S/C28H35N3O9/c1-16-11-17(2)13-19(12-16)24(34)31(28(4,5)6)30(25(35)20-9-8-10-22(38-7)18(20)3)27(37)40-15-39-26(36)21(29)14-23(32)33/h8-13,21H,14-15,29H2,1-7H3,(H,32,33). The third-order valence-corrected chi connectivity index (χ3v) is 5.68. The molecule has 216 valence electrons. The lowest BCUT2D eigenvalue weighted by Gasteiger charge is -2.41. The van der Waals surface area contributed by atoms with Crippen LogP contribution in [-0.2, 0) is 19.1 Å². The van der Waals surface area contributed by atoms with Gasteiger partial charge >= 0.3 is 18.0 Å². The van der Waals surface area contributed by atoms with E-state index in [0.717, 1.165) is 16.1 Å². The molecule has 0 aromatic heterocycles. The minimum absolute atomic E-state index is 0.0549. The minimum Gasteiger partial charge on any atom is -0.496 e. The van der Waals surface area contributed by atoms with Crippen molar-refractivity contribution in [3.8, 4) is 5.75 Å². The van der Waals surface area contributed by atoms with Gasteiger partial charge in [-0.15, -0.1) is 5.01 Å². The van der Waals surface area contributed by atoms with Crippen molar-refractivity contribution in [2.75, 3.05) is 13.9 Å². The van der Waals surface area contributed by atoms with Gasteiger partial charge in [0.15, 0.2) is 0 Å². The molecule has 12 nitrogen and oxygen atoms in total. The second kappa shape index (κ2) is 13.1. The van der Waals surface area contributed by atoms with Gasteiger partial charge in [-0.3, -0.25) is 19.2 Å². The first kappa shape index (κ1) is 31.8. The van der Waals surface area contributed by atoms with Crippen LogP contribution in [0.3, 0.4) is 0 Å². The maximum absolute atomic E-state index is 13.9. The van der Waals surface area contributed by atoms with Crippen LogP contribution in [0.25, 0.3) is 0 Å². The van der Waals surface area contributed by atoms with Crippen molar-refractivity contribution in [1.82, 2.24) is 10.0 Å². The van der Waals surface area contributed by atoms with Gasteiger partial charge in [0, 0.05) is 16.7 Å². The summed E-state index contributed by atoms with van der Waals surface area (Å²) in [7, 11) is 1.43. The van der Waals surface area contributed by atoms with Crippen LogP contribution < -0.4 is 10.5 Å². The van der Waals surface area contributed by atoms with Crippen molar-refractivity contribution < 1.29 is 43.3 Å². The maximum Gasteiger partial charge on any atom is 0.439 e. The van der Waals surface area contributed by atoms with Crippen molar-refractivity contribution >= 4 is 29.8 Å². The van der Waals surface area contributed by atoms with Crippen LogP contribution in [0.1, 0.15) is 64.6 Å². The first-order chi connectivity index (χ1) is 18.6. The molecule has 0 aliphatic carbocycles. The van der Waals surface area contributed by atoms with Gasteiger partial charge in [-0.05, 0) is 65.8 Å². The van der Waals surface area contributed by atoms with E-state index in [-0.39, 0.29) is 11.1 Å². The van der Waals surface area contributed by atoms with E-state index in [9.17, 15) is 24.0 Å². The molecule has 0 radical (unpaired) electrons. The highest BCUT2D eigenvalue weighted by atomic mass is 16.7. The van der Waals surface area contributed by atoms with Gasteiger partial charge in [0.1, 0.15) is 11.8 Å². The molecule has 0 fully saturated rings. The molecule has 3 N–H and O–H groups in total. The lowest BCUT2D eigenvalue weighted by Crippen LogP contribution is -2.60. The number of carboxylic acids is 1. The van der Waals surface area contributed by atoms with Gasteiger partial charge in [0.25, 0.3) is 11.8 Å². The number of benzene rings is 2. The number of carbonyl (C=O) groups excluding carboxylic acids is 4. The molecule has 0 saturated heterocycles. The molecule has 0 aliphatic rings. The summed E-state index contributed by atoms with van der Waals surface area (Å²) in [6.45, 7) is 9.15. The van der Waals surface area contributed by atoms with Crippen LogP contribution in [0.4, 0.5) is 4.79 Å². The molecule has 0 heterocycles. The van der Waals surface area contributed by atoms with E-state index < -0.39 is 54.6 Å². The predicted molar refractivity (Wildman–Crippen MR) is 143 cm³/mol. The monoisotopic (exact) mass is 557 g/mol. The number of nitrogens with zero attached hydrogens (tertiary/aromatic N) is 2. The summed E-state index contributed by atoms with van der Waals surface area (Å²) in [5.74, 6) is -3.63. The first-order valence-electron chi connectivity index (χ1n) is 12.3. The third kappa shape index (κ3) is 7.79. The van der Waals surface area contributed by atoms with Crippen LogP contribution in [0.5, 0.6) is 5.75 Å². The molecule has 0 saturated carbocycles. The van der Waals surface area contributed by atoms with Crippen LogP contribution >= 0.6 is 0 Å². The predicted octanol–water partition coefficient (Wildman–Crippen LogP) is 3.36. The fraction of sp³-hybridized carbons (Fsp3) is 0.393. The molecule has 40 heavy (non-hydrogen) atoms. The Morgan fingerprint density at radius 3 is 2.08 bits per heavy atom. The van der Waals surface area contributed by atoms with Gasteiger partial charge in [0.2, 0.25) is 6.79 Å². The number of esters is 1. The van der Waals surface area contributed by atoms with E-state index >= 15 is 0 Å². The highest BCUT2D eigenvalue weighted by Gasteiger charge is 2.41. The van der Waals surface area contributed by atoms with E-state index in [1.807, 2.05) is 19.9 Å². The molecular formula is C28H35N3O9. The molecule has 1 atom stereocenters. The summed E-state index contributed by atoms with van der Waals surface area (Å²) in [5.41, 5.74) is 6.63. The number of aryl methyl sites for hydroxylation is 2. The Labute approximate surface area is 232 Å². The Morgan fingerprint density at radius 1 is 0.950 bits per heavy atom. The zero-order valence-electron chi connectivity index (χ0n) is 23.6. The Hall–Kier alpha value is -4.45. The SMILES string of the molecule is COc1cccc(C(=O)N(C(=O)OCOC(=O)C(N)CC(=O)O)N(C(=O)c2cc(C)cc(C)c2)C(C)(C)C)c1C. The number of hydrazine groups is 1. The summed E-state index contributed by atoms with van der Waals surface area (Å²) in [6, 6.07) is 8.30. The van der Waals surface area contributed by atoms with Crippen LogP contribution in [0.2, 0.25) is 0 Å². The molecule has 3 amide bonds. The number of hydrogen-bond donors (Lipinski definition) is 2. The number of ether oxygens (including phenoxy) is 3. The fourth-order valence-electron chi connectivity index (χ4n) is 3.93. The van der Waals surface area contributed by atoms with Crippen molar-refractivity contribution in [1.29, 1.82) is 0 Å². The molecule has 2 rings (SSSR count). The van der Waals surface area contributed by atoms with E-state index in [4.69, 9.17) is 25.1 Å². The van der Waals surface area contributed by atoms with Gasteiger partial charge in [-0.1, -0.05) is 23.3 Å². The number of carboxylic acid groups (broad SMARTS) is 1. The number of hydrogen-bond acceptors (Lipinski definition) is 9. The Kier molecular flexibility index (Phi) is 10.4. The van der Waals surface area contributed by atoms with E-state index in [2.05, 4.69) is 0 Å². The number of imide groups is 1. The van der Waals surface area contributed by atoms with E-state index in [0.29, 0.717) is 16.3 Å². The lowest BCUT2D eigenvalue weighted by molar-refractivity contribution is -0.157. The highest BCUT2D eigenvalue weighted by Crippen LogP contribution is 2.27. The normalized spacial score (nSPS) is 11.7. The summed E-state index contributed by atoms with van der Waals surface area (Å²) in [6.07, 6.45) is -2.02. The van der Waals surface area contributed by atoms with Gasteiger partial charge in [0.05, 0.1) is 19.1 Å². The molecule has 12 heteroatoms. The lowest BCUT2D eigenvalue weighted by atomic mass is 10.0. The smallest absolute Gasteiger partial charge is 0.439 e.